The fourth-order valence-electron chi connectivity index (χ4n) is 1.25. The maximum Gasteiger partial charge on any atom is 0.0925 e. The van der Waals surface area contributed by atoms with Crippen LogP contribution in [0, 0.1) is 11.8 Å². The summed E-state index contributed by atoms with van der Waals surface area (Å²) < 4.78 is 12.3. The lowest BCUT2D eigenvalue weighted by molar-refractivity contribution is 0.266. The standard InChI is InChI=1S/C10H21F/c1-4-5-6-7-10(8-11)9(2)3/h9-10H,4-8H2,1-3H3. The van der Waals surface area contributed by atoms with Gasteiger partial charge in [0.25, 0.3) is 0 Å². The van der Waals surface area contributed by atoms with E-state index >= 15 is 0 Å². The lowest BCUT2D eigenvalue weighted by Crippen LogP contribution is -2.10. The summed E-state index contributed by atoms with van der Waals surface area (Å²) in [6.07, 6.45) is 4.76. The molecule has 0 fully saturated rings. The minimum absolute atomic E-state index is 0.138. The van der Waals surface area contributed by atoms with Crippen molar-refractivity contribution in [2.24, 2.45) is 11.8 Å². The molecule has 0 N–H and O–H groups in total. The molecule has 0 saturated carbocycles. The first-order chi connectivity index (χ1) is 5.22. The van der Waals surface area contributed by atoms with Crippen LogP contribution in [0.4, 0.5) is 4.39 Å². The van der Waals surface area contributed by atoms with Crippen molar-refractivity contribution in [2.45, 2.75) is 46.5 Å². The number of hydrogen-bond donors (Lipinski definition) is 0. The predicted octanol–water partition coefficient (Wildman–Crippen LogP) is 3.81. The summed E-state index contributed by atoms with van der Waals surface area (Å²) in [6.45, 7) is 6.26. The zero-order chi connectivity index (χ0) is 8.69. The summed E-state index contributed by atoms with van der Waals surface area (Å²) in [5.41, 5.74) is 0. The molecule has 0 aliphatic rings. The third-order valence-electron chi connectivity index (χ3n) is 2.32. The highest BCUT2D eigenvalue weighted by Crippen LogP contribution is 2.18. The van der Waals surface area contributed by atoms with E-state index in [9.17, 15) is 4.39 Å². The lowest BCUT2D eigenvalue weighted by atomic mass is 9.92. The predicted molar refractivity (Wildman–Crippen MR) is 48.4 cm³/mol. The van der Waals surface area contributed by atoms with Crippen LogP contribution in [0.15, 0.2) is 0 Å². The number of rotatable bonds is 6. The van der Waals surface area contributed by atoms with Gasteiger partial charge in [0.15, 0.2) is 0 Å². The first-order valence-electron chi connectivity index (χ1n) is 4.78. The second kappa shape index (κ2) is 6.63. The van der Waals surface area contributed by atoms with E-state index < -0.39 is 0 Å². The van der Waals surface area contributed by atoms with E-state index in [1.165, 1.54) is 19.3 Å². The molecule has 0 aromatic carbocycles. The van der Waals surface area contributed by atoms with Gasteiger partial charge in [-0.05, 0) is 18.3 Å². The van der Waals surface area contributed by atoms with Crippen molar-refractivity contribution in [1.29, 1.82) is 0 Å². The van der Waals surface area contributed by atoms with Gasteiger partial charge < -0.3 is 0 Å². The van der Waals surface area contributed by atoms with Gasteiger partial charge in [0, 0.05) is 0 Å². The van der Waals surface area contributed by atoms with Gasteiger partial charge in [0.2, 0.25) is 0 Å². The fraction of sp³-hybridized carbons (Fsp3) is 1.00. The SMILES string of the molecule is CCCCCC(CF)C(C)C. The Bertz CT molecular complexity index is 78.9. The Morgan fingerprint density at radius 2 is 1.82 bits per heavy atom. The summed E-state index contributed by atoms with van der Waals surface area (Å²) in [4.78, 5) is 0. The maximum absolute atomic E-state index is 12.3. The topological polar surface area (TPSA) is 0 Å². The molecular formula is C10H21F. The van der Waals surface area contributed by atoms with Crippen molar-refractivity contribution in [1.82, 2.24) is 0 Å². The summed E-state index contributed by atoms with van der Waals surface area (Å²) in [5.74, 6) is 0.818. The lowest BCUT2D eigenvalue weighted by Gasteiger charge is -2.16. The highest BCUT2D eigenvalue weighted by molar-refractivity contribution is 4.61. The monoisotopic (exact) mass is 160 g/mol. The molecule has 1 heteroatoms. The van der Waals surface area contributed by atoms with E-state index in [-0.39, 0.29) is 6.67 Å². The van der Waals surface area contributed by atoms with Gasteiger partial charge in [-0.25, -0.2) is 0 Å². The third-order valence-corrected chi connectivity index (χ3v) is 2.32. The number of halogens is 1. The van der Waals surface area contributed by atoms with E-state index in [4.69, 9.17) is 0 Å². The molecule has 0 heterocycles. The van der Waals surface area contributed by atoms with Gasteiger partial charge in [0.05, 0.1) is 6.67 Å². The zero-order valence-corrected chi connectivity index (χ0v) is 8.07. The van der Waals surface area contributed by atoms with Crippen LogP contribution in [0.25, 0.3) is 0 Å². The van der Waals surface area contributed by atoms with E-state index in [2.05, 4.69) is 20.8 Å². The quantitative estimate of drug-likeness (QED) is 0.518. The molecule has 0 amide bonds. The molecule has 0 spiro atoms. The Hall–Kier alpha value is -0.0700. The second-order valence-electron chi connectivity index (χ2n) is 3.65. The fourth-order valence-corrected chi connectivity index (χ4v) is 1.25. The summed E-state index contributed by atoms with van der Waals surface area (Å²) >= 11 is 0. The van der Waals surface area contributed by atoms with E-state index in [0.29, 0.717) is 11.8 Å². The van der Waals surface area contributed by atoms with Gasteiger partial charge in [0.1, 0.15) is 0 Å². The van der Waals surface area contributed by atoms with Crippen LogP contribution in [0.5, 0.6) is 0 Å². The third kappa shape index (κ3) is 5.23. The number of hydrogen-bond acceptors (Lipinski definition) is 0. The normalized spacial score (nSPS) is 13.9. The first-order valence-corrected chi connectivity index (χ1v) is 4.78. The molecule has 0 bridgehead atoms. The highest BCUT2D eigenvalue weighted by Gasteiger charge is 2.11. The van der Waals surface area contributed by atoms with E-state index in [1.54, 1.807) is 0 Å². The Labute approximate surface area is 70.2 Å². The average Bonchev–Trinajstić information content (AvgIpc) is 1.97. The number of unbranched alkanes of at least 4 members (excludes halogenated alkanes) is 2. The van der Waals surface area contributed by atoms with Crippen molar-refractivity contribution in [2.75, 3.05) is 6.67 Å². The highest BCUT2D eigenvalue weighted by atomic mass is 19.1. The van der Waals surface area contributed by atoms with E-state index in [1.807, 2.05) is 0 Å². The largest absolute Gasteiger partial charge is 0.251 e. The minimum atomic E-state index is -0.138. The molecule has 0 aliphatic heterocycles. The molecule has 0 radical (unpaired) electrons. The maximum atomic E-state index is 12.3. The van der Waals surface area contributed by atoms with Crippen molar-refractivity contribution < 1.29 is 4.39 Å². The molecule has 0 aromatic heterocycles. The van der Waals surface area contributed by atoms with Crippen LogP contribution in [0.3, 0.4) is 0 Å². The molecule has 11 heavy (non-hydrogen) atoms. The molecule has 0 rings (SSSR count). The van der Waals surface area contributed by atoms with Gasteiger partial charge in [-0.1, -0.05) is 40.0 Å². The van der Waals surface area contributed by atoms with Crippen molar-refractivity contribution in [3.63, 3.8) is 0 Å². The zero-order valence-electron chi connectivity index (χ0n) is 8.07. The van der Waals surface area contributed by atoms with Crippen LogP contribution in [-0.2, 0) is 0 Å². The molecule has 1 atom stereocenters. The summed E-state index contributed by atoms with van der Waals surface area (Å²) in [7, 11) is 0. The molecule has 0 saturated heterocycles. The summed E-state index contributed by atoms with van der Waals surface area (Å²) in [6, 6.07) is 0. The molecular weight excluding hydrogens is 139 g/mol. The van der Waals surface area contributed by atoms with Gasteiger partial charge in [-0.3, -0.25) is 4.39 Å². The molecule has 0 nitrogen and oxygen atoms in total. The molecule has 0 aliphatic carbocycles. The van der Waals surface area contributed by atoms with Crippen LogP contribution in [0.2, 0.25) is 0 Å². The van der Waals surface area contributed by atoms with Crippen LogP contribution < -0.4 is 0 Å². The Kier molecular flexibility index (Phi) is 6.59. The summed E-state index contributed by atoms with van der Waals surface area (Å²) in [5, 5.41) is 0. The van der Waals surface area contributed by atoms with Crippen molar-refractivity contribution in [3.05, 3.63) is 0 Å². The minimum Gasteiger partial charge on any atom is -0.251 e. The Morgan fingerprint density at radius 3 is 2.18 bits per heavy atom. The smallest absolute Gasteiger partial charge is 0.0925 e. The Morgan fingerprint density at radius 1 is 1.18 bits per heavy atom. The van der Waals surface area contributed by atoms with Crippen molar-refractivity contribution >= 4 is 0 Å². The van der Waals surface area contributed by atoms with Crippen LogP contribution in [-0.4, -0.2) is 6.67 Å². The van der Waals surface area contributed by atoms with Gasteiger partial charge in [-0.2, -0.15) is 0 Å². The number of alkyl halides is 1. The molecule has 1 unspecified atom stereocenters. The molecule has 68 valence electrons. The van der Waals surface area contributed by atoms with E-state index in [0.717, 1.165) is 6.42 Å². The van der Waals surface area contributed by atoms with Crippen LogP contribution in [0.1, 0.15) is 46.5 Å². The average molecular weight is 160 g/mol. The van der Waals surface area contributed by atoms with Crippen molar-refractivity contribution in [3.8, 4) is 0 Å². The van der Waals surface area contributed by atoms with Crippen LogP contribution >= 0.6 is 0 Å². The molecule has 0 aromatic rings. The van der Waals surface area contributed by atoms with Gasteiger partial charge >= 0.3 is 0 Å². The first kappa shape index (κ1) is 10.9. The van der Waals surface area contributed by atoms with Gasteiger partial charge in [-0.15, -0.1) is 0 Å². The Balaban J connectivity index is 3.36. The second-order valence-corrected chi connectivity index (χ2v) is 3.65.